The number of aliphatic hydroxyl groups is 2. The van der Waals surface area contributed by atoms with Crippen LogP contribution >= 0.6 is 0 Å². The Morgan fingerprint density at radius 3 is 2.57 bits per heavy atom. The number of carbonyl (C=O) groups excluding carboxylic acids is 1. The van der Waals surface area contributed by atoms with Gasteiger partial charge in [-0.15, -0.1) is 0 Å². The SMILES string of the molecule is C[C@]12CC[C@H]3[C@@H](CCC4=CC(=O)CC[C@@]43C)[C@@H]1CC[C@@H]2C(O)C(O)CC(=O)O. The van der Waals surface area contributed by atoms with Crippen molar-refractivity contribution < 1.29 is 24.9 Å². The molecule has 156 valence electrons. The first-order valence-electron chi connectivity index (χ1n) is 11.0. The van der Waals surface area contributed by atoms with E-state index in [2.05, 4.69) is 13.8 Å². The van der Waals surface area contributed by atoms with E-state index in [1.54, 1.807) is 0 Å². The lowest BCUT2D eigenvalue weighted by Gasteiger charge is -2.58. The highest BCUT2D eigenvalue weighted by molar-refractivity contribution is 5.91. The number of aliphatic carboxylic acids is 1. The van der Waals surface area contributed by atoms with Gasteiger partial charge in [0.05, 0.1) is 18.6 Å². The van der Waals surface area contributed by atoms with E-state index < -0.39 is 24.6 Å². The van der Waals surface area contributed by atoms with Gasteiger partial charge in [0.2, 0.25) is 0 Å². The number of allylic oxidation sites excluding steroid dienone is 1. The van der Waals surface area contributed by atoms with E-state index >= 15 is 0 Å². The smallest absolute Gasteiger partial charge is 0.306 e. The Hall–Kier alpha value is -1.20. The Morgan fingerprint density at radius 2 is 1.86 bits per heavy atom. The molecule has 0 aromatic heterocycles. The van der Waals surface area contributed by atoms with Gasteiger partial charge < -0.3 is 15.3 Å². The van der Waals surface area contributed by atoms with Gasteiger partial charge in [-0.05, 0) is 85.5 Å². The third kappa shape index (κ3) is 2.97. The highest BCUT2D eigenvalue weighted by Gasteiger charge is 2.60. The fourth-order valence-corrected chi connectivity index (χ4v) is 7.73. The molecule has 0 bridgehead atoms. The van der Waals surface area contributed by atoms with Crippen molar-refractivity contribution in [1.82, 2.24) is 0 Å². The monoisotopic (exact) mass is 390 g/mol. The molecule has 0 radical (unpaired) electrons. The van der Waals surface area contributed by atoms with Crippen LogP contribution in [0.5, 0.6) is 0 Å². The lowest BCUT2D eigenvalue weighted by molar-refractivity contribution is -0.144. The van der Waals surface area contributed by atoms with Crippen LogP contribution in [-0.2, 0) is 9.59 Å². The number of aliphatic hydroxyl groups excluding tert-OH is 2. The van der Waals surface area contributed by atoms with Gasteiger partial charge in [-0.25, -0.2) is 0 Å². The van der Waals surface area contributed by atoms with Gasteiger partial charge in [-0.1, -0.05) is 19.4 Å². The molecule has 3 N–H and O–H groups in total. The Balaban J connectivity index is 1.56. The van der Waals surface area contributed by atoms with Crippen LogP contribution in [-0.4, -0.2) is 39.3 Å². The molecule has 0 aromatic rings. The minimum absolute atomic E-state index is 0.0366. The van der Waals surface area contributed by atoms with Crippen molar-refractivity contribution in [1.29, 1.82) is 0 Å². The van der Waals surface area contributed by atoms with Crippen LogP contribution in [0, 0.1) is 34.5 Å². The highest BCUT2D eigenvalue weighted by Crippen LogP contribution is 2.67. The number of hydrogen-bond donors (Lipinski definition) is 3. The van der Waals surface area contributed by atoms with Gasteiger partial charge in [0.1, 0.15) is 0 Å². The maximum Gasteiger partial charge on any atom is 0.306 e. The van der Waals surface area contributed by atoms with Crippen molar-refractivity contribution >= 4 is 11.8 Å². The molecule has 3 saturated carbocycles. The van der Waals surface area contributed by atoms with E-state index in [4.69, 9.17) is 5.11 Å². The molecule has 8 atom stereocenters. The van der Waals surface area contributed by atoms with Crippen LogP contribution in [0.3, 0.4) is 0 Å². The first kappa shape index (κ1) is 20.1. The van der Waals surface area contributed by atoms with Crippen molar-refractivity contribution in [3.8, 4) is 0 Å². The van der Waals surface area contributed by atoms with E-state index in [1.807, 2.05) is 6.08 Å². The molecule has 4 rings (SSSR count). The number of fused-ring (bicyclic) bond motifs is 5. The molecule has 0 saturated heterocycles. The number of ketones is 1. The lowest BCUT2D eigenvalue weighted by Crippen LogP contribution is -2.52. The van der Waals surface area contributed by atoms with Gasteiger partial charge in [-0.3, -0.25) is 9.59 Å². The molecule has 0 aromatic carbocycles. The zero-order chi connectivity index (χ0) is 20.3. The van der Waals surface area contributed by atoms with Crippen LogP contribution in [0.15, 0.2) is 11.6 Å². The van der Waals surface area contributed by atoms with Gasteiger partial charge in [-0.2, -0.15) is 0 Å². The quantitative estimate of drug-likeness (QED) is 0.684. The second kappa shape index (κ2) is 6.94. The molecule has 0 amide bonds. The Labute approximate surface area is 167 Å². The van der Waals surface area contributed by atoms with Gasteiger partial charge >= 0.3 is 5.97 Å². The number of carboxylic acids is 1. The van der Waals surface area contributed by atoms with Crippen LogP contribution in [0.1, 0.15) is 71.6 Å². The minimum Gasteiger partial charge on any atom is -0.481 e. The van der Waals surface area contributed by atoms with Crippen molar-refractivity contribution in [3.05, 3.63) is 11.6 Å². The number of rotatable bonds is 4. The molecule has 3 fully saturated rings. The maximum absolute atomic E-state index is 11.9. The van der Waals surface area contributed by atoms with E-state index in [0.717, 1.165) is 44.9 Å². The van der Waals surface area contributed by atoms with E-state index in [1.165, 1.54) is 5.57 Å². The predicted octanol–water partition coefficient (Wildman–Crippen LogP) is 3.33. The number of carbonyl (C=O) groups is 2. The third-order valence-electron chi connectivity index (χ3n) is 9.23. The highest BCUT2D eigenvalue weighted by atomic mass is 16.4. The Bertz CT molecular complexity index is 699. The molecule has 5 heteroatoms. The molecular formula is C23H34O5. The van der Waals surface area contributed by atoms with E-state index in [0.29, 0.717) is 24.2 Å². The fourth-order valence-electron chi connectivity index (χ4n) is 7.73. The third-order valence-corrected chi connectivity index (χ3v) is 9.23. The molecule has 4 aliphatic carbocycles. The zero-order valence-electron chi connectivity index (χ0n) is 17.1. The summed E-state index contributed by atoms with van der Waals surface area (Å²) in [5.41, 5.74) is 1.46. The summed E-state index contributed by atoms with van der Waals surface area (Å²) < 4.78 is 0. The molecule has 0 aliphatic heterocycles. The molecule has 0 spiro atoms. The lowest BCUT2D eigenvalue weighted by atomic mass is 9.46. The van der Waals surface area contributed by atoms with Gasteiger partial charge in [0, 0.05) is 6.42 Å². The first-order valence-corrected chi connectivity index (χ1v) is 11.0. The van der Waals surface area contributed by atoms with Gasteiger partial charge in [0.15, 0.2) is 5.78 Å². The molecule has 28 heavy (non-hydrogen) atoms. The summed E-state index contributed by atoms with van der Waals surface area (Å²) >= 11 is 0. The zero-order valence-corrected chi connectivity index (χ0v) is 17.1. The fraction of sp³-hybridized carbons (Fsp3) is 0.826. The van der Waals surface area contributed by atoms with Crippen molar-refractivity contribution in [2.45, 2.75) is 83.8 Å². The van der Waals surface area contributed by atoms with Gasteiger partial charge in [0.25, 0.3) is 0 Å². The summed E-state index contributed by atoms with van der Waals surface area (Å²) in [5.74, 6) is 0.884. The van der Waals surface area contributed by atoms with E-state index in [-0.39, 0.29) is 22.5 Å². The summed E-state index contributed by atoms with van der Waals surface area (Å²) in [4.78, 5) is 22.9. The normalized spacial score (nSPS) is 44.7. The second-order valence-corrected chi connectivity index (χ2v) is 10.4. The van der Waals surface area contributed by atoms with Crippen LogP contribution in [0.4, 0.5) is 0 Å². The van der Waals surface area contributed by atoms with E-state index in [9.17, 15) is 19.8 Å². The van der Waals surface area contributed by atoms with Crippen LogP contribution in [0.2, 0.25) is 0 Å². The molecule has 5 nitrogen and oxygen atoms in total. The summed E-state index contributed by atoms with van der Waals surface area (Å²) in [6, 6.07) is 0. The van der Waals surface area contributed by atoms with Crippen molar-refractivity contribution in [2.75, 3.05) is 0 Å². The van der Waals surface area contributed by atoms with Crippen LogP contribution in [0.25, 0.3) is 0 Å². The number of carboxylic acid groups (broad SMARTS) is 1. The largest absolute Gasteiger partial charge is 0.481 e. The summed E-state index contributed by atoms with van der Waals surface area (Å²) in [6.07, 6.45) is 7.12. The average Bonchev–Trinajstić information content (AvgIpc) is 2.98. The molecule has 4 aliphatic rings. The molecular weight excluding hydrogens is 356 g/mol. The second-order valence-electron chi connectivity index (χ2n) is 10.4. The number of hydrogen-bond acceptors (Lipinski definition) is 4. The topological polar surface area (TPSA) is 94.8 Å². The van der Waals surface area contributed by atoms with Crippen molar-refractivity contribution in [3.63, 3.8) is 0 Å². The summed E-state index contributed by atoms with van der Waals surface area (Å²) in [5, 5.41) is 30.0. The molecule has 2 unspecified atom stereocenters. The first-order chi connectivity index (χ1) is 13.2. The average molecular weight is 391 g/mol. The molecule has 0 heterocycles. The maximum atomic E-state index is 11.9. The summed E-state index contributed by atoms with van der Waals surface area (Å²) in [6.45, 7) is 4.63. The van der Waals surface area contributed by atoms with Crippen molar-refractivity contribution in [2.24, 2.45) is 34.5 Å². The van der Waals surface area contributed by atoms with Crippen LogP contribution < -0.4 is 0 Å². The Morgan fingerprint density at radius 1 is 1.11 bits per heavy atom. The summed E-state index contributed by atoms with van der Waals surface area (Å²) in [7, 11) is 0. The Kier molecular flexibility index (Phi) is 4.98. The standard InChI is InChI=1S/C23H34O5/c1-22-9-7-14(24)11-13(22)3-4-15-16-5-6-18(21(28)19(25)12-20(26)27)23(16,2)10-8-17(15)22/h11,15-19,21,25,28H,3-10,12H2,1-2H3,(H,26,27)/t15-,16-,17-,18+,19?,21?,22-,23-/m0/s1. The predicted molar refractivity (Wildman–Crippen MR) is 104 cm³/mol. The minimum atomic E-state index is -1.20.